The van der Waals surface area contributed by atoms with Crippen molar-refractivity contribution in [1.82, 2.24) is 29.8 Å². The van der Waals surface area contributed by atoms with E-state index in [1.54, 1.807) is 30.2 Å². The molecule has 0 spiro atoms. The van der Waals surface area contributed by atoms with Crippen LogP contribution in [-0.2, 0) is 18.4 Å². The van der Waals surface area contributed by atoms with Crippen LogP contribution in [-0.4, -0.2) is 35.7 Å². The highest BCUT2D eigenvalue weighted by molar-refractivity contribution is 6.31. The number of benzene rings is 1. The normalized spacial score (nSPS) is 11.0. The van der Waals surface area contributed by atoms with Crippen LogP contribution < -0.4 is 5.32 Å². The average Bonchev–Trinajstić information content (AvgIpc) is 3.23. The molecule has 0 saturated heterocycles. The molecule has 0 bridgehead atoms. The lowest BCUT2D eigenvalue weighted by atomic mass is 10.1. The second-order valence-corrected chi connectivity index (χ2v) is 6.16. The van der Waals surface area contributed by atoms with Crippen LogP contribution in [0.2, 0.25) is 5.02 Å². The average molecular weight is 368 g/mol. The number of anilines is 1. The van der Waals surface area contributed by atoms with E-state index in [4.69, 9.17) is 11.6 Å². The molecular weight excluding hydrogens is 354 g/mol. The van der Waals surface area contributed by atoms with Crippen LogP contribution in [0.3, 0.4) is 0 Å². The van der Waals surface area contributed by atoms with Crippen molar-refractivity contribution >= 4 is 34.2 Å². The van der Waals surface area contributed by atoms with Crippen molar-refractivity contribution in [3.8, 4) is 11.3 Å². The van der Waals surface area contributed by atoms with Gasteiger partial charge in [-0.05, 0) is 24.3 Å². The largest absolute Gasteiger partial charge is 0.306 e. The first-order valence-corrected chi connectivity index (χ1v) is 8.20. The van der Waals surface area contributed by atoms with Crippen LogP contribution in [0, 0.1) is 0 Å². The van der Waals surface area contributed by atoms with Crippen LogP contribution in [0.25, 0.3) is 22.2 Å². The number of nitrogens with one attached hydrogen (secondary N) is 1. The molecule has 0 radical (unpaired) electrons. The highest BCUT2D eigenvalue weighted by Crippen LogP contribution is 2.22. The lowest BCUT2D eigenvalue weighted by Crippen LogP contribution is -2.19. The Morgan fingerprint density at radius 3 is 2.88 bits per heavy atom. The minimum atomic E-state index is -0.235. The Bertz CT molecular complexity index is 1100. The molecule has 0 aliphatic carbocycles. The van der Waals surface area contributed by atoms with Gasteiger partial charge in [0.15, 0.2) is 5.82 Å². The van der Waals surface area contributed by atoms with E-state index < -0.39 is 0 Å². The topological polar surface area (TPSA) is 90.5 Å². The zero-order valence-corrected chi connectivity index (χ0v) is 14.6. The van der Waals surface area contributed by atoms with Crippen molar-refractivity contribution in [2.24, 2.45) is 7.05 Å². The maximum absolute atomic E-state index is 12.1. The Labute approximate surface area is 153 Å². The maximum Gasteiger partial charge on any atom is 0.247 e. The number of hydrogen-bond acceptors (Lipinski definition) is 5. The molecule has 3 heterocycles. The van der Waals surface area contributed by atoms with Crippen molar-refractivity contribution in [3.05, 3.63) is 53.9 Å². The predicted octanol–water partition coefficient (Wildman–Crippen LogP) is 2.52. The Morgan fingerprint density at radius 2 is 2.08 bits per heavy atom. The number of rotatable bonds is 4. The van der Waals surface area contributed by atoms with Crippen molar-refractivity contribution in [3.63, 3.8) is 0 Å². The SMILES string of the molecule is Cn1ncc(NC(=O)Cn2cc(-c3ccc4cc(Cl)ccc4n3)cn2)n1. The van der Waals surface area contributed by atoms with Crippen LogP contribution in [0.1, 0.15) is 0 Å². The first-order chi connectivity index (χ1) is 12.6. The van der Waals surface area contributed by atoms with Crippen molar-refractivity contribution < 1.29 is 4.79 Å². The zero-order valence-electron chi connectivity index (χ0n) is 13.8. The standard InChI is InChI=1S/C17H14ClN7O/c1-24-19-8-16(23-24)22-17(26)10-25-9-12(7-20-25)15-4-2-11-6-13(18)3-5-14(11)21-15/h2-9H,10H2,1H3,(H,22,23,26). The fourth-order valence-electron chi connectivity index (χ4n) is 2.57. The molecule has 4 rings (SSSR count). The minimum Gasteiger partial charge on any atom is -0.306 e. The first kappa shape index (κ1) is 16.2. The van der Waals surface area contributed by atoms with Crippen LogP contribution >= 0.6 is 11.6 Å². The highest BCUT2D eigenvalue weighted by Gasteiger charge is 2.09. The molecule has 1 aromatic carbocycles. The van der Waals surface area contributed by atoms with Crippen molar-refractivity contribution in [2.45, 2.75) is 6.54 Å². The summed E-state index contributed by atoms with van der Waals surface area (Å²) in [5, 5.41) is 16.4. The van der Waals surface area contributed by atoms with Gasteiger partial charge in [0.25, 0.3) is 0 Å². The molecular formula is C17H14ClN7O. The molecule has 0 unspecified atom stereocenters. The fraction of sp³-hybridized carbons (Fsp3) is 0.118. The van der Waals surface area contributed by atoms with Gasteiger partial charge in [-0.2, -0.15) is 15.0 Å². The maximum atomic E-state index is 12.1. The van der Waals surface area contributed by atoms with Crippen LogP contribution in [0.15, 0.2) is 48.9 Å². The summed E-state index contributed by atoms with van der Waals surface area (Å²) in [6, 6.07) is 9.41. The quantitative estimate of drug-likeness (QED) is 0.598. The molecule has 26 heavy (non-hydrogen) atoms. The summed E-state index contributed by atoms with van der Waals surface area (Å²) in [5.74, 6) is 0.168. The van der Waals surface area contributed by atoms with Gasteiger partial charge in [-0.25, -0.2) is 4.98 Å². The van der Waals surface area contributed by atoms with Crippen molar-refractivity contribution in [2.75, 3.05) is 5.32 Å². The van der Waals surface area contributed by atoms with E-state index in [1.165, 1.54) is 11.0 Å². The van der Waals surface area contributed by atoms with Gasteiger partial charge in [0.05, 0.1) is 23.6 Å². The molecule has 130 valence electrons. The molecule has 9 heteroatoms. The lowest BCUT2D eigenvalue weighted by molar-refractivity contribution is -0.116. The second-order valence-electron chi connectivity index (χ2n) is 5.73. The lowest BCUT2D eigenvalue weighted by Gasteiger charge is -2.02. The van der Waals surface area contributed by atoms with Gasteiger partial charge >= 0.3 is 0 Å². The third-order valence-corrected chi connectivity index (χ3v) is 3.99. The van der Waals surface area contributed by atoms with E-state index in [2.05, 4.69) is 25.6 Å². The monoisotopic (exact) mass is 367 g/mol. The number of aromatic nitrogens is 6. The molecule has 1 amide bonds. The minimum absolute atomic E-state index is 0.0692. The molecule has 0 aliphatic rings. The molecule has 0 fully saturated rings. The van der Waals surface area contributed by atoms with Gasteiger partial charge in [0, 0.05) is 29.2 Å². The molecule has 8 nitrogen and oxygen atoms in total. The van der Waals surface area contributed by atoms with Gasteiger partial charge in [-0.15, -0.1) is 5.10 Å². The van der Waals surface area contributed by atoms with Gasteiger partial charge in [0.2, 0.25) is 5.91 Å². The molecule has 1 N–H and O–H groups in total. The number of halogens is 1. The van der Waals surface area contributed by atoms with E-state index in [1.807, 2.05) is 24.3 Å². The number of carbonyl (C=O) groups excluding carboxylic acids is 1. The van der Waals surface area contributed by atoms with E-state index in [-0.39, 0.29) is 12.5 Å². The van der Waals surface area contributed by atoms with Gasteiger partial charge in [-0.3, -0.25) is 9.48 Å². The number of carbonyl (C=O) groups is 1. The van der Waals surface area contributed by atoms with E-state index in [0.29, 0.717) is 10.8 Å². The fourth-order valence-corrected chi connectivity index (χ4v) is 2.75. The summed E-state index contributed by atoms with van der Waals surface area (Å²) in [7, 11) is 1.68. The highest BCUT2D eigenvalue weighted by atomic mass is 35.5. The summed E-state index contributed by atoms with van der Waals surface area (Å²) < 4.78 is 1.55. The summed E-state index contributed by atoms with van der Waals surface area (Å²) >= 11 is 6.00. The third kappa shape index (κ3) is 3.40. The predicted molar refractivity (Wildman–Crippen MR) is 97.6 cm³/mol. The number of fused-ring (bicyclic) bond motifs is 1. The van der Waals surface area contributed by atoms with E-state index >= 15 is 0 Å². The Morgan fingerprint density at radius 1 is 1.19 bits per heavy atom. The number of hydrogen-bond donors (Lipinski definition) is 1. The number of aryl methyl sites for hydroxylation is 1. The third-order valence-electron chi connectivity index (χ3n) is 3.75. The Hall–Kier alpha value is -3.26. The summed E-state index contributed by atoms with van der Waals surface area (Å²) in [6.07, 6.45) is 4.94. The van der Waals surface area contributed by atoms with Crippen molar-refractivity contribution in [1.29, 1.82) is 0 Å². The summed E-state index contributed by atoms with van der Waals surface area (Å²) in [5.41, 5.74) is 2.45. The molecule has 0 aliphatic heterocycles. The number of amides is 1. The van der Waals surface area contributed by atoms with E-state index in [9.17, 15) is 4.79 Å². The Kier molecular flexibility index (Phi) is 4.10. The summed E-state index contributed by atoms with van der Waals surface area (Å²) in [6.45, 7) is 0.0692. The molecule has 0 atom stereocenters. The first-order valence-electron chi connectivity index (χ1n) is 7.82. The van der Waals surface area contributed by atoms with Crippen LogP contribution in [0.4, 0.5) is 5.82 Å². The smallest absolute Gasteiger partial charge is 0.247 e. The number of pyridine rings is 1. The molecule has 0 saturated carbocycles. The number of nitrogens with zero attached hydrogens (tertiary/aromatic N) is 6. The van der Waals surface area contributed by atoms with Gasteiger partial charge in [0.1, 0.15) is 6.54 Å². The summed E-state index contributed by atoms with van der Waals surface area (Å²) in [4.78, 5) is 18.1. The zero-order chi connectivity index (χ0) is 18.1. The van der Waals surface area contributed by atoms with Crippen LogP contribution in [0.5, 0.6) is 0 Å². The Balaban J connectivity index is 1.50. The van der Waals surface area contributed by atoms with Gasteiger partial charge < -0.3 is 5.32 Å². The molecule has 3 aromatic heterocycles. The second kappa shape index (κ2) is 6.57. The van der Waals surface area contributed by atoms with E-state index in [0.717, 1.165) is 22.2 Å². The van der Waals surface area contributed by atoms with Gasteiger partial charge in [-0.1, -0.05) is 17.7 Å². The molecule has 4 aromatic rings.